The second kappa shape index (κ2) is 4.46. The topological polar surface area (TPSA) is 35.3 Å². The summed E-state index contributed by atoms with van der Waals surface area (Å²) >= 11 is 1.61. The van der Waals surface area contributed by atoms with Crippen molar-refractivity contribution >= 4 is 22.3 Å². The molecule has 0 fully saturated rings. The summed E-state index contributed by atoms with van der Waals surface area (Å²) in [5.41, 5.74) is 3.71. The van der Waals surface area contributed by atoms with Gasteiger partial charge in [0.05, 0.1) is 16.1 Å². The van der Waals surface area contributed by atoms with E-state index in [0.717, 1.165) is 33.1 Å². The van der Waals surface area contributed by atoms with Crippen molar-refractivity contribution in [1.82, 2.24) is 4.98 Å². The van der Waals surface area contributed by atoms with Crippen LogP contribution in [-0.2, 0) is 6.61 Å². The fraction of sp³-hybridized carbons (Fsp3) is 0.214. The molecule has 0 atom stereocenters. The third kappa shape index (κ3) is 2.11. The van der Waals surface area contributed by atoms with E-state index in [2.05, 4.69) is 11.1 Å². The SMILES string of the molecule is Cc1[c]c2cc(OCc3scnc3C)ccc2o1. The summed E-state index contributed by atoms with van der Waals surface area (Å²) in [6, 6.07) is 8.92. The molecule has 2 heterocycles. The summed E-state index contributed by atoms with van der Waals surface area (Å²) in [5.74, 6) is 1.62. The maximum Gasteiger partial charge on any atom is 0.135 e. The molecule has 2 aromatic heterocycles. The van der Waals surface area contributed by atoms with Crippen molar-refractivity contribution in [2.24, 2.45) is 0 Å². The Bertz CT molecular complexity index is 684. The number of furan rings is 1. The molecule has 91 valence electrons. The molecule has 0 aliphatic rings. The number of nitrogens with zero attached hydrogens (tertiary/aromatic N) is 1. The third-order valence-electron chi connectivity index (χ3n) is 2.74. The van der Waals surface area contributed by atoms with Crippen LogP contribution in [0.4, 0.5) is 0 Å². The van der Waals surface area contributed by atoms with Crippen LogP contribution in [0.25, 0.3) is 11.0 Å². The van der Waals surface area contributed by atoms with E-state index in [1.807, 2.05) is 37.6 Å². The Morgan fingerprint density at radius 2 is 2.28 bits per heavy atom. The minimum atomic E-state index is 0.554. The van der Waals surface area contributed by atoms with Crippen molar-refractivity contribution in [2.45, 2.75) is 20.5 Å². The molecule has 0 N–H and O–H groups in total. The third-order valence-corrected chi connectivity index (χ3v) is 3.65. The van der Waals surface area contributed by atoms with Gasteiger partial charge in [-0.3, -0.25) is 0 Å². The van der Waals surface area contributed by atoms with Crippen molar-refractivity contribution in [3.63, 3.8) is 0 Å². The Kier molecular flexibility index (Phi) is 2.80. The molecule has 3 nitrogen and oxygen atoms in total. The van der Waals surface area contributed by atoms with Crippen molar-refractivity contribution in [2.75, 3.05) is 0 Å². The van der Waals surface area contributed by atoms with Gasteiger partial charge in [-0.15, -0.1) is 11.3 Å². The summed E-state index contributed by atoms with van der Waals surface area (Å²) in [6.45, 7) is 4.44. The van der Waals surface area contributed by atoms with E-state index in [4.69, 9.17) is 9.15 Å². The molecule has 3 rings (SSSR count). The van der Waals surface area contributed by atoms with Gasteiger partial charge in [0.1, 0.15) is 23.7 Å². The van der Waals surface area contributed by atoms with Crippen LogP contribution in [0.5, 0.6) is 5.75 Å². The first-order valence-electron chi connectivity index (χ1n) is 5.66. The molecule has 0 unspecified atom stereocenters. The molecular formula is C14H12NO2S. The zero-order chi connectivity index (χ0) is 12.5. The van der Waals surface area contributed by atoms with E-state index in [-0.39, 0.29) is 0 Å². The van der Waals surface area contributed by atoms with Crippen molar-refractivity contribution in [1.29, 1.82) is 0 Å². The number of aryl methyl sites for hydroxylation is 2. The van der Waals surface area contributed by atoms with Crippen LogP contribution >= 0.6 is 11.3 Å². The Morgan fingerprint density at radius 3 is 3.06 bits per heavy atom. The second-order valence-corrected chi connectivity index (χ2v) is 5.03. The first-order chi connectivity index (χ1) is 8.72. The quantitative estimate of drug-likeness (QED) is 0.715. The van der Waals surface area contributed by atoms with Gasteiger partial charge in [0.25, 0.3) is 0 Å². The van der Waals surface area contributed by atoms with Crippen LogP contribution in [0, 0.1) is 19.9 Å². The lowest BCUT2D eigenvalue weighted by atomic mass is 10.2. The Hall–Kier alpha value is -1.81. The fourth-order valence-corrected chi connectivity index (χ4v) is 2.47. The average molecular weight is 258 g/mol. The van der Waals surface area contributed by atoms with Gasteiger partial charge in [0, 0.05) is 11.5 Å². The van der Waals surface area contributed by atoms with Crippen LogP contribution in [0.15, 0.2) is 28.1 Å². The minimum absolute atomic E-state index is 0.554. The smallest absolute Gasteiger partial charge is 0.135 e. The summed E-state index contributed by atoms with van der Waals surface area (Å²) in [5, 5.41) is 0.950. The van der Waals surface area contributed by atoms with Gasteiger partial charge >= 0.3 is 0 Å². The van der Waals surface area contributed by atoms with Gasteiger partial charge in [0.2, 0.25) is 0 Å². The summed E-state index contributed by atoms with van der Waals surface area (Å²) < 4.78 is 11.2. The van der Waals surface area contributed by atoms with Gasteiger partial charge in [-0.05, 0) is 32.0 Å². The summed E-state index contributed by atoms with van der Waals surface area (Å²) in [7, 11) is 0. The van der Waals surface area contributed by atoms with Gasteiger partial charge in [-0.2, -0.15) is 0 Å². The van der Waals surface area contributed by atoms with Crippen molar-refractivity contribution in [3.8, 4) is 5.75 Å². The predicted molar refractivity (Wildman–Crippen MR) is 71.0 cm³/mol. The molecule has 0 spiro atoms. The number of benzene rings is 1. The number of hydrogen-bond donors (Lipinski definition) is 0. The second-order valence-electron chi connectivity index (χ2n) is 4.09. The first-order valence-corrected chi connectivity index (χ1v) is 6.54. The highest BCUT2D eigenvalue weighted by Crippen LogP contribution is 2.24. The van der Waals surface area contributed by atoms with E-state index in [1.165, 1.54) is 0 Å². The molecular weight excluding hydrogens is 246 g/mol. The van der Waals surface area contributed by atoms with Crippen LogP contribution in [0.3, 0.4) is 0 Å². The highest BCUT2D eigenvalue weighted by molar-refractivity contribution is 7.09. The molecule has 18 heavy (non-hydrogen) atoms. The van der Waals surface area contributed by atoms with E-state index in [0.29, 0.717) is 6.61 Å². The van der Waals surface area contributed by atoms with E-state index < -0.39 is 0 Å². The zero-order valence-electron chi connectivity index (χ0n) is 10.2. The molecule has 1 aromatic carbocycles. The Labute approximate surface area is 109 Å². The standard InChI is InChI=1S/C14H12NO2S/c1-9-5-11-6-12(3-4-13(11)17-9)16-7-14-10(2)15-8-18-14/h3-4,6,8H,7H2,1-2H3. The van der Waals surface area contributed by atoms with E-state index in [1.54, 1.807) is 11.3 Å². The lowest BCUT2D eigenvalue weighted by Gasteiger charge is -2.04. The van der Waals surface area contributed by atoms with Crippen molar-refractivity contribution in [3.05, 3.63) is 46.1 Å². The fourth-order valence-electron chi connectivity index (χ4n) is 1.78. The minimum Gasteiger partial charge on any atom is -0.488 e. The highest BCUT2D eigenvalue weighted by Gasteiger charge is 2.05. The van der Waals surface area contributed by atoms with Crippen LogP contribution in [0.1, 0.15) is 16.3 Å². The molecule has 0 saturated heterocycles. The number of rotatable bonds is 3. The van der Waals surface area contributed by atoms with Gasteiger partial charge < -0.3 is 9.15 Å². The Morgan fingerprint density at radius 1 is 1.39 bits per heavy atom. The molecule has 0 aliphatic carbocycles. The molecule has 0 aliphatic heterocycles. The lowest BCUT2D eigenvalue weighted by molar-refractivity contribution is 0.309. The number of fused-ring (bicyclic) bond motifs is 1. The molecule has 0 amide bonds. The molecule has 1 radical (unpaired) electrons. The van der Waals surface area contributed by atoms with Crippen molar-refractivity contribution < 1.29 is 9.15 Å². The van der Waals surface area contributed by atoms with Crippen LogP contribution in [0.2, 0.25) is 0 Å². The monoisotopic (exact) mass is 258 g/mol. The Balaban J connectivity index is 1.80. The molecule has 4 heteroatoms. The van der Waals surface area contributed by atoms with Gasteiger partial charge in [-0.1, -0.05) is 0 Å². The van der Waals surface area contributed by atoms with Crippen LogP contribution < -0.4 is 4.74 Å². The first kappa shape index (κ1) is 11.3. The summed E-state index contributed by atoms with van der Waals surface area (Å²) in [4.78, 5) is 5.35. The molecule has 3 aromatic rings. The number of ether oxygens (including phenoxy) is 1. The largest absolute Gasteiger partial charge is 0.488 e. The van der Waals surface area contributed by atoms with E-state index >= 15 is 0 Å². The predicted octanol–water partition coefficient (Wildman–Crippen LogP) is 3.89. The summed E-state index contributed by atoms with van der Waals surface area (Å²) in [6.07, 6.45) is 0. The molecule has 0 saturated carbocycles. The maximum absolute atomic E-state index is 5.76. The highest BCUT2D eigenvalue weighted by atomic mass is 32.1. The molecule has 0 bridgehead atoms. The van der Waals surface area contributed by atoms with E-state index in [9.17, 15) is 0 Å². The normalized spacial score (nSPS) is 11.0. The lowest BCUT2D eigenvalue weighted by Crippen LogP contribution is -1.94. The van der Waals surface area contributed by atoms with Gasteiger partial charge in [-0.25, -0.2) is 4.98 Å². The zero-order valence-corrected chi connectivity index (χ0v) is 11.0. The number of thiazole rings is 1. The number of aromatic nitrogens is 1. The average Bonchev–Trinajstić information content (AvgIpc) is 2.90. The maximum atomic E-state index is 5.76. The number of hydrogen-bond acceptors (Lipinski definition) is 4. The van der Waals surface area contributed by atoms with Gasteiger partial charge in [0.15, 0.2) is 0 Å². The van der Waals surface area contributed by atoms with Crippen LogP contribution in [-0.4, -0.2) is 4.98 Å².